The summed E-state index contributed by atoms with van der Waals surface area (Å²) >= 11 is 1.29. The molecule has 0 bridgehead atoms. The van der Waals surface area contributed by atoms with Gasteiger partial charge in [-0.05, 0) is 43.3 Å². The minimum atomic E-state index is -0.316. The van der Waals surface area contributed by atoms with E-state index in [9.17, 15) is 4.39 Å². The van der Waals surface area contributed by atoms with E-state index in [2.05, 4.69) is 20.4 Å². The maximum absolute atomic E-state index is 13.0. The van der Waals surface area contributed by atoms with Crippen molar-refractivity contribution in [1.29, 1.82) is 0 Å². The Morgan fingerprint density at radius 2 is 1.65 bits per heavy atom. The molecule has 2 aromatic heterocycles. The minimum Gasteiger partial charge on any atom is -0.420 e. The molecule has 2 aromatic carbocycles. The molecule has 0 unspecified atom stereocenters. The fourth-order valence-electron chi connectivity index (χ4n) is 2.31. The van der Waals surface area contributed by atoms with E-state index in [1.165, 1.54) is 23.9 Å². The second-order valence-corrected chi connectivity index (χ2v) is 6.47. The monoisotopic (exact) mass is 368 g/mol. The Morgan fingerprint density at radius 3 is 2.46 bits per heavy atom. The normalized spacial score (nSPS) is 11.0. The zero-order valence-electron chi connectivity index (χ0n) is 13.7. The third-order valence-corrected chi connectivity index (χ3v) is 4.35. The van der Waals surface area contributed by atoms with Crippen LogP contribution in [0.5, 0.6) is 0 Å². The summed E-state index contributed by atoms with van der Waals surface area (Å²) in [5.41, 5.74) is 2.66. The van der Waals surface area contributed by atoms with Crippen molar-refractivity contribution < 1.29 is 13.2 Å². The Morgan fingerprint density at radius 1 is 0.885 bits per heavy atom. The number of nitrogens with zero attached hydrogens (tertiary/aromatic N) is 4. The van der Waals surface area contributed by atoms with E-state index in [-0.39, 0.29) is 5.82 Å². The van der Waals surface area contributed by atoms with Crippen LogP contribution in [-0.4, -0.2) is 20.4 Å². The molecule has 0 aliphatic rings. The van der Waals surface area contributed by atoms with Gasteiger partial charge in [0, 0.05) is 11.1 Å². The summed E-state index contributed by atoms with van der Waals surface area (Å²) in [6.45, 7) is 2.00. The van der Waals surface area contributed by atoms with Crippen LogP contribution < -0.4 is 0 Å². The zero-order valence-corrected chi connectivity index (χ0v) is 14.5. The Labute approximate surface area is 152 Å². The Bertz CT molecular complexity index is 1030. The van der Waals surface area contributed by atoms with Crippen LogP contribution in [-0.2, 0) is 5.75 Å². The first-order valence-corrected chi connectivity index (χ1v) is 8.77. The fraction of sp³-hybridized carbons (Fsp3) is 0.111. The smallest absolute Gasteiger partial charge is 0.277 e. The number of thioether (sulfide) groups is 1. The number of aryl methyl sites for hydroxylation is 1. The predicted octanol–water partition coefficient (Wildman–Crippen LogP) is 4.53. The first-order valence-electron chi connectivity index (χ1n) is 7.79. The van der Waals surface area contributed by atoms with Gasteiger partial charge in [0.05, 0.1) is 5.75 Å². The molecule has 0 fully saturated rings. The summed E-state index contributed by atoms with van der Waals surface area (Å²) in [5, 5.41) is 16.4. The van der Waals surface area contributed by atoms with Gasteiger partial charge in [0.25, 0.3) is 5.22 Å². The van der Waals surface area contributed by atoms with Gasteiger partial charge < -0.3 is 8.83 Å². The van der Waals surface area contributed by atoms with Gasteiger partial charge in [-0.2, -0.15) is 0 Å². The summed E-state index contributed by atoms with van der Waals surface area (Å²) in [7, 11) is 0. The van der Waals surface area contributed by atoms with Gasteiger partial charge in [-0.1, -0.05) is 29.5 Å². The van der Waals surface area contributed by atoms with E-state index in [4.69, 9.17) is 8.83 Å². The molecule has 26 heavy (non-hydrogen) atoms. The molecule has 0 aliphatic heterocycles. The predicted molar refractivity (Wildman–Crippen MR) is 93.7 cm³/mol. The largest absolute Gasteiger partial charge is 0.420 e. The van der Waals surface area contributed by atoms with Crippen molar-refractivity contribution in [2.45, 2.75) is 17.9 Å². The van der Waals surface area contributed by atoms with Gasteiger partial charge in [-0.3, -0.25) is 0 Å². The highest BCUT2D eigenvalue weighted by atomic mass is 32.2. The molecule has 4 rings (SSSR count). The number of aromatic nitrogens is 4. The summed E-state index contributed by atoms with van der Waals surface area (Å²) in [6.07, 6.45) is 0. The second-order valence-electron chi connectivity index (χ2n) is 5.54. The van der Waals surface area contributed by atoms with Crippen LogP contribution in [0.4, 0.5) is 4.39 Å². The Hall–Kier alpha value is -3.00. The quantitative estimate of drug-likeness (QED) is 0.479. The van der Waals surface area contributed by atoms with Gasteiger partial charge in [0.15, 0.2) is 0 Å². The molecule has 0 amide bonds. The van der Waals surface area contributed by atoms with E-state index in [0.29, 0.717) is 34.2 Å². The lowest BCUT2D eigenvalue weighted by atomic mass is 10.1. The lowest BCUT2D eigenvalue weighted by Gasteiger charge is -1.96. The van der Waals surface area contributed by atoms with E-state index >= 15 is 0 Å². The van der Waals surface area contributed by atoms with Crippen molar-refractivity contribution in [2.24, 2.45) is 0 Å². The summed E-state index contributed by atoms with van der Waals surface area (Å²) in [5.74, 6) is 1.36. The van der Waals surface area contributed by atoms with Crippen LogP contribution in [0.2, 0.25) is 0 Å². The molecule has 2 heterocycles. The van der Waals surface area contributed by atoms with Crippen LogP contribution in [0.15, 0.2) is 62.6 Å². The molecule has 0 N–H and O–H groups in total. The molecule has 4 aromatic rings. The van der Waals surface area contributed by atoms with E-state index in [0.717, 1.165) is 11.1 Å². The van der Waals surface area contributed by atoms with Gasteiger partial charge in [0.1, 0.15) is 5.82 Å². The third kappa shape index (κ3) is 3.65. The molecule has 0 aliphatic carbocycles. The summed E-state index contributed by atoms with van der Waals surface area (Å²) in [6, 6.07) is 13.7. The second kappa shape index (κ2) is 7.09. The SMILES string of the molecule is Cc1cccc(-c2nnc(CSc3nnc(-c4ccc(F)cc4)o3)o2)c1. The zero-order chi connectivity index (χ0) is 17.9. The fourth-order valence-corrected chi connectivity index (χ4v) is 2.91. The lowest BCUT2D eigenvalue weighted by molar-refractivity contribution is 0.464. The topological polar surface area (TPSA) is 77.8 Å². The van der Waals surface area contributed by atoms with Crippen molar-refractivity contribution in [3.63, 3.8) is 0 Å². The summed E-state index contributed by atoms with van der Waals surface area (Å²) in [4.78, 5) is 0. The molecule has 8 heteroatoms. The van der Waals surface area contributed by atoms with Crippen LogP contribution in [0.25, 0.3) is 22.9 Å². The number of hydrogen-bond acceptors (Lipinski definition) is 7. The maximum atomic E-state index is 13.0. The van der Waals surface area contributed by atoms with Crippen molar-refractivity contribution >= 4 is 11.8 Å². The average molecular weight is 368 g/mol. The first kappa shape index (κ1) is 16.5. The van der Waals surface area contributed by atoms with E-state index in [1.54, 1.807) is 12.1 Å². The van der Waals surface area contributed by atoms with Crippen LogP contribution in [0.1, 0.15) is 11.5 Å². The molecule has 0 saturated heterocycles. The molecule has 130 valence electrons. The number of rotatable bonds is 5. The van der Waals surface area contributed by atoms with Crippen molar-refractivity contribution in [2.75, 3.05) is 0 Å². The number of hydrogen-bond donors (Lipinski definition) is 0. The Balaban J connectivity index is 1.43. The first-order chi connectivity index (χ1) is 12.7. The molecule has 0 saturated carbocycles. The van der Waals surface area contributed by atoms with E-state index in [1.807, 2.05) is 31.2 Å². The summed E-state index contributed by atoms with van der Waals surface area (Å²) < 4.78 is 24.2. The molecular formula is C18H13FN4O2S. The van der Waals surface area contributed by atoms with Crippen LogP contribution in [0, 0.1) is 12.7 Å². The van der Waals surface area contributed by atoms with Gasteiger partial charge in [-0.25, -0.2) is 4.39 Å². The van der Waals surface area contributed by atoms with Crippen molar-refractivity contribution in [3.05, 3.63) is 65.8 Å². The van der Waals surface area contributed by atoms with Crippen molar-refractivity contribution in [3.8, 4) is 22.9 Å². The average Bonchev–Trinajstić information content (AvgIpc) is 3.30. The van der Waals surface area contributed by atoms with E-state index < -0.39 is 0 Å². The number of benzene rings is 2. The molecule has 0 radical (unpaired) electrons. The molecule has 0 atom stereocenters. The minimum absolute atomic E-state index is 0.316. The lowest BCUT2D eigenvalue weighted by Crippen LogP contribution is -1.80. The Kier molecular flexibility index (Phi) is 4.49. The van der Waals surface area contributed by atoms with Gasteiger partial charge >= 0.3 is 0 Å². The van der Waals surface area contributed by atoms with Crippen LogP contribution in [0.3, 0.4) is 0 Å². The third-order valence-electron chi connectivity index (χ3n) is 3.55. The maximum Gasteiger partial charge on any atom is 0.277 e. The van der Waals surface area contributed by atoms with Crippen LogP contribution >= 0.6 is 11.8 Å². The molecular weight excluding hydrogens is 355 g/mol. The highest BCUT2D eigenvalue weighted by Crippen LogP contribution is 2.27. The highest BCUT2D eigenvalue weighted by molar-refractivity contribution is 7.98. The standard InChI is InChI=1S/C18H13FN4O2S/c1-11-3-2-4-13(9-11)17-21-20-15(24-17)10-26-18-23-22-16(25-18)12-5-7-14(19)8-6-12/h2-9H,10H2,1H3. The highest BCUT2D eigenvalue weighted by Gasteiger charge is 2.13. The van der Waals surface area contributed by atoms with Gasteiger partial charge in [0.2, 0.25) is 17.7 Å². The van der Waals surface area contributed by atoms with Gasteiger partial charge in [-0.15, -0.1) is 20.4 Å². The molecule has 0 spiro atoms. The molecule has 6 nitrogen and oxygen atoms in total. The number of halogens is 1. The van der Waals surface area contributed by atoms with Crippen molar-refractivity contribution in [1.82, 2.24) is 20.4 Å².